The van der Waals surface area contributed by atoms with Crippen molar-refractivity contribution in [1.82, 2.24) is 0 Å². The van der Waals surface area contributed by atoms with E-state index >= 15 is 0 Å². The maximum Gasteiger partial charge on any atom is 0.158 e. The van der Waals surface area contributed by atoms with Gasteiger partial charge in [0.1, 0.15) is 17.6 Å². The van der Waals surface area contributed by atoms with E-state index in [4.69, 9.17) is 0 Å². The SMILES string of the molecule is CC1(C)CCCCC1C(=O)C(C#N)c1cc(F)cc(F)c1. The summed E-state index contributed by atoms with van der Waals surface area (Å²) in [6.45, 7) is 4.05. The van der Waals surface area contributed by atoms with Crippen molar-refractivity contribution in [3.8, 4) is 6.07 Å². The zero-order valence-electron chi connectivity index (χ0n) is 12.3. The summed E-state index contributed by atoms with van der Waals surface area (Å²) >= 11 is 0. The first-order valence-corrected chi connectivity index (χ1v) is 7.24. The Kier molecular flexibility index (Phi) is 4.41. The molecule has 1 aliphatic carbocycles. The van der Waals surface area contributed by atoms with Crippen LogP contribution in [0.1, 0.15) is 51.0 Å². The molecule has 0 radical (unpaired) electrons. The fourth-order valence-electron chi connectivity index (χ4n) is 3.27. The van der Waals surface area contributed by atoms with Crippen molar-refractivity contribution in [2.24, 2.45) is 11.3 Å². The van der Waals surface area contributed by atoms with Gasteiger partial charge in [-0.2, -0.15) is 5.26 Å². The standard InChI is InChI=1S/C17H19F2NO/c1-17(2)6-4-3-5-15(17)16(21)14(10-20)11-7-12(18)9-13(19)8-11/h7-9,14-15H,3-6H2,1-2H3. The second-order valence-corrected chi connectivity index (χ2v) is 6.45. The Morgan fingerprint density at radius 3 is 2.43 bits per heavy atom. The topological polar surface area (TPSA) is 40.9 Å². The predicted molar refractivity (Wildman–Crippen MR) is 75.5 cm³/mol. The van der Waals surface area contributed by atoms with E-state index < -0.39 is 17.6 Å². The lowest BCUT2D eigenvalue weighted by Crippen LogP contribution is -2.36. The Morgan fingerprint density at radius 2 is 1.90 bits per heavy atom. The van der Waals surface area contributed by atoms with Crippen LogP contribution in [0.4, 0.5) is 8.78 Å². The van der Waals surface area contributed by atoms with Crippen LogP contribution in [0.3, 0.4) is 0 Å². The molecule has 4 heteroatoms. The lowest BCUT2D eigenvalue weighted by molar-refractivity contribution is -0.128. The van der Waals surface area contributed by atoms with Crippen molar-refractivity contribution in [2.75, 3.05) is 0 Å². The van der Waals surface area contributed by atoms with Gasteiger partial charge in [-0.15, -0.1) is 0 Å². The zero-order valence-corrected chi connectivity index (χ0v) is 12.3. The van der Waals surface area contributed by atoms with Crippen molar-refractivity contribution in [3.05, 3.63) is 35.4 Å². The fourth-order valence-corrected chi connectivity index (χ4v) is 3.27. The second-order valence-electron chi connectivity index (χ2n) is 6.45. The molecule has 2 unspecified atom stereocenters. The third kappa shape index (κ3) is 3.29. The largest absolute Gasteiger partial charge is 0.298 e. The minimum atomic E-state index is -1.10. The fraction of sp³-hybridized carbons (Fsp3) is 0.529. The molecule has 0 saturated heterocycles. The first-order valence-electron chi connectivity index (χ1n) is 7.24. The van der Waals surface area contributed by atoms with Gasteiger partial charge in [-0.05, 0) is 36.0 Å². The number of hydrogen-bond acceptors (Lipinski definition) is 2. The number of nitrogens with zero attached hydrogens (tertiary/aromatic N) is 1. The van der Waals surface area contributed by atoms with Crippen LogP contribution in [0.5, 0.6) is 0 Å². The smallest absolute Gasteiger partial charge is 0.158 e. The Labute approximate surface area is 123 Å². The van der Waals surface area contributed by atoms with Gasteiger partial charge >= 0.3 is 0 Å². The van der Waals surface area contributed by atoms with Crippen molar-refractivity contribution >= 4 is 5.78 Å². The lowest BCUT2D eigenvalue weighted by Gasteiger charge is -2.38. The molecule has 2 rings (SSSR count). The highest BCUT2D eigenvalue weighted by molar-refractivity contribution is 5.91. The van der Waals surface area contributed by atoms with Crippen molar-refractivity contribution in [1.29, 1.82) is 5.26 Å². The summed E-state index contributed by atoms with van der Waals surface area (Å²) in [5.41, 5.74) is -0.0580. The molecule has 0 N–H and O–H groups in total. The van der Waals surface area contributed by atoms with Crippen LogP contribution in [-0.4, -0.2) is 5.78 Å². The molecule has 112 valence electrons. The van der Waals surface area contributed by atoms with Crippen molar-refractivity contribution in [3.63, 3.8) is 0 Å². The molecule has 1 aliphatic rings. The van der Waals surface area contributed by atoms with Gasteiger partial charge in [0.25, 0.3) is 0 Å². The summed E-state index contributed by atoms with van der Waals surface area (Å²) < 4.78 is 26.6. The number of hydrogen-bond donors (Lipinski definition) is 0. The van der Waals surface area contributed by atoms with E-state index in [0.717, 1.165) is 43.9 Å². The minimum absolute atomic E-state index is 0.112. The van der Waals surface area contributed by atoms with Gasteiger partial charge in [0, 0.05) is 12.0 Å². The molecular formula is C17H19F2NO. The van der Waals surface area contributed by atoms with Crippen molar-refractivity contribution in [2.45, 2.75) is 45.4 Å². The molecule has 0 aliphatic heterocycles. The molecule has 21 heavy (non-hydrogen) atoms. The van der Waals surface area contributed by atoms with Crippen LogP contribution in [0.15, 0.2) is 18.2 Å². The summed E-state index contributed by atoms with van der Waals surface area (Å²) in [4.78, 5) is 12.7. The Morgan fingerprint density at radius 1 is 1.29 bits per heavy atom. The second kappa shape index (κ2) is 5.93. The number of nitriles is 1. The summed E-state index contributed by atoms with van der Waals surface area (Å²) in [6, 6.07) is 4.82. The molecule has 2 atom stereocenters. The maximum absolute atomic E-state index is 13.3. The van der Waals surface area contributed by atoms with E-state index in [-0.39, 0.29) is 22.7 Å². The lowest BCUT2D eigenvalue weighted by atomic mass is 9.65. The Bertz CT molecular complexity index is 569. The quantitative estimate of drug-likeness (QED) is 0.830. The van der Waals surface area contributed by atoms with Gasteiger partial charge in [0.2, 0.25) is 0 Å². The molecule has 0 bridgehead atoms. The molecule has 2 nitrogen and oxygen atoms in total. The molecule has 1 fully saturated rings. The van der Waals surface area contributed by atoms with E-state index in [0.29, 0.717) is 0 Å². The number of benzene rings is 1. The van der Waals surface area contributed by atoms with Crippen LogP contribution < -0.4 is 0 Å². The summed E-state index contributed by atoms with van der Waals surface area (Å²) in [7, 11) is 0. The minimum Gasteiger partial charge on any atom is -0.298 e. The molecule has 0 aromatic heterocycles. The van der Waals surface area contributed by atoms with Crippen LogP contribution in [0.25, 0.3) is 0 Å². The third-order valence-corrected chi connectivity index (χ3v) is 4.48. The van der Waals surface area contributed by atoms with Gasteiger partial charge in [-0.25, -0.2) is 8.78 Å². The first kappa shape index (κ1) is 15.6. The number of halogens is 2. The highest BCUT2D eigenvalue weighted by atomic mass is 19.1. The monoisotopic (exact) mass is 291 g/mol. The molecule has 1 aromatic rings. The highest BCUT2D eigenvalue weighted by Gasteiger charge is 2.40. The van der Waals surface area contributed by atoms with E-state index in [2.05, 4.69) is 0 Å². The molecular weight excluding hydrogens is 272 g/mol. The number of rotatable bonds is 3. The molecule has 1 saturated carbocycles. The van der Waals surface area contributed by atoms with Crippen LogP contribution in [0, 0.1) is 34.3 Å². The Hall–Kier alpha value is -1.76. The number of Topliss-reactive ketones (excluding diaryl/α,β-unsaturated/α-hetero) is 1. The van der Waals surface area contributed by atoms with Gasteiger partial charge in [0.15, 0.2) is 5.78 Å². The van der Waals surface area contributed by atoms with E-state index in [1.807, 2.05) is 19.9 Å². The number of ketones is 1. The first-order chi connectivity index (χ1) is 9.85. The van der Waals surface area contributed by atoms with E-state index in [1.165, 1.54) is 0 Å². The highest BCUT2D eigenvalue weighted by Crippen LogP contribution is 2.43. The average Bonchev–Trinajstić information content (AvgIpc) is 2.37. The molecule has 1 aromatic carbocycles. The Balaban J connectivity index is 2.32. The predicted octanol–water partition coefficient (Wildman–Crippen LogP) is 4.36. The van der Waals surface area contributed by atoms with Gasteiger partial charge < -0.3 is 0 Å². The zero-order chi connectivity index (χ0) is 15.6. The van der Waals surface area contributed by atoms with Gasteiger partial charge in [-0.3, -0.25) is 4.79 Å². The van der Waals surface area contributed by atoms with Gasteiger partial charge in [0.05, 0.1) is 6.07 Å². The molecule has 0 heterocycles. The normalized spacial score (nSPS) is 22.3. The van der Waals surface area contributed by atoms with E-state index in [9.17, 15) is 18.8 Å². The third-order valence-electron chi connectivity index (χ3n) is 4.48. The molecule has 0 amide bonds. The van der Waals surface area contributed by atoms with Crippen LogP contribution in [0.2, 0.25) is 0 Å². The summed E-state index contributed by atoms with van der Waals surface area (Å²) in [6.07, 6.45) is 3.69. The van der Waals surface area contributed by atoms with Crippen LogP contribution in [-0.2, 0) is 4.79 Å². The van der Waals surface area contributed by atoms with Crippen molar-refractivity contribution < 1.29 is 13.6 Å². The average molecular weight is 291 g/mol. The number of carbonyl (C=O) groups is 1. The summed E-state index contributed by atoms with van der Waals surface area (Å²) in [5.74, 6) is -3.08. The van der Waals surface area contributed by atoms with Gasteiger partial charge in [-0.1, -0.05) is 26.7 Å². The van der Waals surface area contributed by atoms with E-state index in [1.54, 1.807) is 0 Å². The van der Waals surface area contributed by atoms with Crippen LogP contribution >= 0.6 is 0 Å². The molecule has 0 spiro atoms. The summed E-state index contributed by atoms with van der Waals surface area (Å²) in [5, 5.41) is 9.32. The maximum atomic E-state index is 13.3. The number of carbonyl (C=O) groups excluding carboxylic acids is 1.